The van der Waals surface area contributed by atoms with Gasteiger partial charge in [-0.15, -0.1) is 0 Å². The first-order valence-corrected chi connectivity index (χ1v) is 6.08. The molecule has 1 saturated heterocycles. The molecule has 2 rings (SSSR count). The van der Waals surface area contributed by atoms with Gasteiger partial charge in [0.15, 0.2) is 5.78 Å². The second-order valence-corrected chi connectivity index (χ2v) is 4.35. The summed E-state index contributed by atoms with van der Waals surface area (Å²) in [5, 5.41) is 0. The minimum Gasteiger partial charge on any atom is -0.497 e. The second kappa shape index (κ2) is 5.82. The molecule has 17 heavy (non-hydrogen) atoms. The predicted octanol–water partition coefficient (Wildman–Crippen LogP) is 2.84. The predicted molar refractivity (Wildman–Crippen MR) is 65.5 cm³/mol. The van der Waals surface area contributed by atoms with Crippen LogP contribution in [0.25, 0.3) is 0 Å². The summed E-state index contributed by atoms with van der Waals surface area (Å²) in [5.41, 5.74) is 0.707. The molecule has 1 fully saturated rings. The largest absolute Gasteiger partial charge is 0.497 e. The fourth-order valence-corrected chi connectivity index (χ4v) is 2.09. The van der Waals surface area contributed by atoms with E-state index < -0.39 is 0 Å². The van der Waals surface area contributed by atoms with Gasteiger partial charge in [0, 0.05) is 18.6 Å². The first kappa shape index (κ1) is 12.1. The molecule has 1 unspecified atom stereocenters. The lowest BCUT2D eigenvalue weighted by molar-refractivity contribution is 0.0129. The molecule has 3 nitrogen and oxygen atoms in total. The van der Waals surface area contributed by atoms with E-state index in [2.05, 4.69) is 0 Å². The molecule has 1 heterocycles. The van der Waals surface area contributed by atoms with Gasteiger partial charge in [0.2, 0.25) is 0 Å². The number of Topliss-reactive ketones (excluding diaryl/α,β-unsaturated/α-hetero) is 1. The number of hydrogen-bond acceptors (Lipinski definition) is 3. The smallest absolute Gasteiger partial charge is 0.165 e. The van der Waals surface area contributed by atoms with Crippen LogP contribution in [0.2, 0.25) is 0 Å². The van der Waals surface area contributed by atoms with Gasteiger partial charge in [-0.05, 0) is 31.4 Å². The average Bonchev–Trinajstić information content (AvgIpc) is 2.40. The van der Waals surface area contributed by atoms with Gasteiger partial charge in [0.05, 0.1) is 13.2 Å². The molecular formula is C14H18O3. The van der Waals surface area contributed by atoms with Crippen molar-refractivity contribution in [2.24, 2.45) is 0 Å². The Morgan fingerprint density at radius 2 is 2.35 bits per heavy atom. The zero-order chi connectivity index (χ0) is 12.1. The van der Waals surface area contributed by atoms with Crippen molar-refractivity contribution in [2.45, 2.75) is 31.8 Å². The van der Waals surface area contributed by atoms with Gasteiger partial charge >= 0.3 is 0 Å². The van der Waals surface area contributed by atoms with Gasteiger partial charge in [0.25, 0.3) is 0 Å². The quantitative estimate of drug-likeness (QED) is 0.751. The molecule has 92 valence electrons. The van der Waals surface area contributed by atoms with Crippen LogP contribution in [0.3, 0.4) is 0 Å². The lowest BCUT2D eigenvalue weighted by Gasteiger charge is -2.21. The van der Waals surface area contributed by atoms with Crippen LogP contribution in [0.4, 0.5) is 0 Å². The van der Waals surface area contributed by atoms with E-state index in [4.69, 9.17) is 9.47 Å². The van der Waals surface area contributed by atoms with Crippen LogP contribution in [-0.4, -0.2) is 25.6 Å². The van der Waals surface area contributed by atoms with Crippen molar-refractivity contribution in [1.29, 1.82) is 0 Å². The van der Waals surface area contributed by atoms with Gasteiger partial charge in [0.1, 0.15) is 5.75 Å². The number of hydrogen-bond donors (Lipinski definition) is 0. The van der Waals surface area contributed by atoms with Crippen molar-refractivity contribution in [2.75, 3.05) is 13.7 Å². The number of ether oxygens (including phenoxy) is 2. The monoisotopic (exact) mass is 234 g/mol. The summed E-state index contributed by atoms with van der Waals surface area (Å²) in [6, 6.07) is 7.29. The minimum atomic E-state index is 0.0995. The molecule has 0 radical (unpaired) electrons. The van der Waals surface area contributed by atoms with E-state index in [1.54, 1.807) is 13.2 Å². The number of rotatable bonds is 4. The van der Waals surface area contributed by atoms with Crippen molar-refractivity contribution >= 4 is 5.78 Å². The van der Waals surface area contributed by atoms with Gasteiger partial charge in [-0.3, -0.25) is 4.79 Å². The zero-order valence-corrected chi connectivity index (χ0v) is 10.1. The fraction of sp³-hybridized carbons (Fsp3) is 0.500. The van der Waals surface area contributed by atoms with E-state index >= 15 is 0 Å². The Labute approximate surface area is 102 Å². The Kier molecular flexibility index (Phi) is 4.15. The number of carbonyl (C=O) groups is 1. The first-order chi connectivity index (χ1) is 8.29. The summed E-state index contributed by atoms with van der Waals surface area (Å²) in [5.74, 6) is 0.858. The Hall–Kier alpha value is -1.35. The van der Waals surface area contributed by atoms with Crippen molar-refractivity contribution in [3.63, 3.8) is 0 Å². The Bertz CT molecular complexity index is 381. The normalized spacial score (nSPS) is 19.9. The van der Waals surface area contributed by atoms with Crippen LogP contribution in [0.1, 0.15) is 36.0 Å². The Balaban J connectivity index is 1.98. The van der Waals surface area contributed by atoms with Crippen molar-refractivity contribution in [3.05, 3.63) is 29.8 Å². The third-order valence-electron chi connectivity index (χ3n) is 3.08. The molecule has 0 spiro atoms. The molecule has 0 aliphatic carbocycles. The maximum Gasteiger partial charge on any atom is 0.165 e. The molecule has 1 aliphatic heterocycles. The van der Waals surface area contributed by atoms with E-state index in [9.17, 15) is 4.79 Å². The van der Waals surface area contributed by atoms with E-state index in [1.165, 1.54) is 0 Å². The second-order valence-electron chi connectivity index (χ2n) is 4.35. The maximum atomic E-state index is 12.0. The lowest BCUT2D eigenvalue weighted by Crippen LogP contribution is -2.22. The molecule has 0 bridgehead atoms. The highest BCUT2D eigenvalue weighted by atomic mass is 16.5. The molecule has 3 heteroatoms. The summed E-state index contributed by atoms with van der Waals surface area (Å²) >= 11 is 0. The van der Waals surface area contributed by atoms with E-state index in [-0.39, 0.29) is 11.9 Å². The van der Waals surface area contributed by atoms with Crippen LogP contribution in [0, 0.1) is 0 Å². The van der Waals surface area contributed by atoms with E-state index in [0.717, 1.165) is 31.6 Å². The first-order valence-electron chi connectivity index (χ1n) is 6.08. The van der Waals surface area contributed by atoms with Gasteiger partial charge in [-0.1, -0.05) is 12.1 Å². The minimum absolute atomic E-state index is 0.0995. The van der Waals surface area contributed by atoms with Crippen LogP contribution >= 0.6 is 0 Å². The Morgan fingerprint density at radius 1 is 1.47 bits per heavy atom. The number of ketones is 1. The molecule has 1 aromatic carbocycles. The summed E-state index contributed by atoms with van der Waals surface area (Å²) in [6.45, 7) is 0.788. The van der Waals surface area contributed by atoms with Crippen molar-refractivity contribution in [1.82, 2.24) is 0 Å². The Morgan fingerprint density at radius 3 is 3.06 bits per heavy atom. The molecule has 0 N–H and O–H groups in total. The molecule has 1 aliphatic rings. The SMILES string of the molecule is COc1cccc(C(=O)CC2CCCCO2)c1. The van der Waals surface area contributed by atoms with Crippen LogP contribution in [-0.2, 0) is 4.74 Å². The molecule has 0 saturated carbocycles. The zero-order valence-electron chi connectivity index (χ0n) is 10.1. The van der Waals surface area contributed by atoms with Crippen LogP contribution < -0.4 is 4.74 Å². The molecule has 1 atom stereocenters. The highest BCUT2D eigenvalue weighted by Crippen LogP contribution is 2.19. The summed E-state index contributed by atoms with van der Waals surface area (Å²) < 4.78 is 10.7. The van der Waals surface area contributed by atoms with Crippen molar-refractivity contribution in [3.8, 4) is 5.75 Å². The summed E-state index contributed by atoms with van der Waals surface area (Å²) in [6.07, 6.45) is 3.85. The van der Waals surface area contributed by atoms with Crippen LogP contribution in [0.15, 0.2) is 24.3 Å². The van der Waals surface area contributed by atoms with Gasteiger partial charge < -0.3 is 9.47 Å². The third kappa shape index (κ3) is 3.30. The molecule has 1 aromatic rings. The standard InChI is InChI=1S/C14H18O3/c1-16-12-7-4-5-11(9-12)14(15)10-13-6-2-3-8-17-13/h4-5,7,9,13H,2-3,6,8,10H2,1H3. The number of methoxy groups -OCH3 is 1. The maximum absolute atomic E-state index is 12.0. The molecule has 0 aromatic heterocycles. The third-order valence-corrected chi connectivity index (χ3v) is 3.08. The molecular weight excluding hydrogens is 216 g/mol. The number of carbonyl (C=O) groups excluding carboxylic acids is 1. The van der Waals surface area contributed by atoms with E-state index in [1.807, 2.05) is 18.2 Å². The molecule has 0 amide bonds. The van der Waals surface area contributed by atoms with Gasteiger partial charge in [-0.2, -0.15) is 0 Å². The van der Waals surface area contributed by atoms with E-state index in [0.29, 0.717) is 12.0 Å². The summed E-state index contributed by atoms with van der Waals surface area (Å²) in [4.78, 5) is 12.0. The highest BCUT2D eigenvalue weighted by Gasteiger charge is 2.18. The van der Waals surface area contributed by atoms with Crippen molar-refractivity contribution < 1.29 is 14.3 Å². The highest BCUT2D eigenvalue weighted by molar-refractivity contribution is 5.96. The number of benzene rings is 1. The van der Waals surface area contributed by atoms with Crippen LogP contribution in [0.5, 0.6) is 5.75 Å². The average molecular weight is 234 g/mol. The lowest BCUT2D eigenvalue weighted by atomic mass is 10.00. The fourth-order valence-electron chi connectivity index (χ4n) is 2.09. The topological polar surface area (TPSA) is 35.5 Å². The summed E-state index contributed by atoms with van der Waals surface area (Å²) in [7, 11) is 1.60. The van der Waals surface area contributed by atoms with Gasteiger partial charge in [-0.25, -0.2) is 0 Å².